The molecule has 3 rings (SSSR count). The Morgan fingerprint density at radius 1 is 1.33 bits per heavy atom. The fourth-order valence-electron chi connectivity index (χ4n) is 1.85. The number of nitrogens with zero attached hydrogens (tertiary/aromatic N) is 2. The first kappa shape index (κ1) is 11.4. The Balaban J connectivity index is 1.96. The van der Waals surface area contributed by atoms with Crippen molar-refractivity contribution in [3.63, 3.8) is 0 Å². The number of rotatable bonds is 4. The molecule has 0 radical (unpaired) electrons. The lowest BCUT2D eigenvalue weighted by molar-refractivity contribution is 0.422. The summed E-state index contributed by atoms with van der Waals surface area (Å²) in [5.74, 6) is 1.35. The highest BCUT2D eigenvalue weighted by atomic mass is 32.1. The Morgan fingerprint density at radius 2 is 2.22 bits per heavy atom. The van der Waals surface area contributed by atoms with Crippen molar-refractivity contribution in [2.24, 2.45) is 0 Å². The van der Waals surface area contributed by atoms with E-state index in [0.717, 1.165) is 24.4 Å². The number of thiophene rings is 1. The predicted octanol–water partition coefficient (Wildman–Crippen LogP) is 2.71. The molecule has 92 valence electrons. The van der Waals surface area contributed by atoms with Gasteiger partial charge in [-0.15, -0.1) is 11.3 Å². The summed E-state index contributed by atoms with van der Waals surface area (Å²) in [5.41, 5.74) is 1.03. The van der Waals surface area contributed by atoms with Crippen LogP contribution in [0.2, 0.25) is 0 Å². The van der Waals surface area contributed by atoms with Crippen molar-refractivity contribution in [3.8, 4) is 11.5 Å². The third-order valence-corrected chi connectivity index (χ3v) is 3.74. The summed E-state index contributed by atoms with van der Waals surface area (Å²) >= 11 is 1.70. The van der Waals surface area contributed by atoms with E-state index in [9.17, 15) is 0 Å². The summed E-state index contributed by atoms with van der Waals surface area (Å²) in [6.07, 6.45) is 0.780. The number of aromatic nitrogens is 2. The van der Waals surface area contributed by atoms with Crippen molar-refractivity contribution < 1.29 is 4.52 Å². The van der Waals surface area contributed by atoms with E-state index in [4.69, 9.17) is 4.52 Å². The molecule has 0 spiro atoms. The molecule has 1 N–H and O–H groups in total. The van der Waals surface area contributed by atoms with Gasteiger partial charge in [0.2, 0.25) is 0 Å². The molecule has 0 aliphatic carbocycles. The first-order valence-electron chi connectivity index (χ1n) is 5.82. The molecule has 2 aromatic heterocycles. The first-order chi connectivity index (χ1) is 8.88. The Morgan fingerprint density at radius 3 is 3.11 bits per heavy atom. The number of nitrogens with one attached hydrogen (secondary N) is 1. The van der Waals surface area contributed by atoms with Gasteiger partial charge in [0.15, 0.2) is 5.82 Å². The molecular weight excluding hydrogens is 246 g/mol. The second-order valence-corrected chi connectivity index (χ2v) is 4.93. The van der Waals surface area contributed by atoms with Crippen molar-refractivity contribution in [2.45, 2.75) is 6.42 Å². The maximum atomic E-state index is 5.33. The van der Waals surface area contributed by atoms with E-state index in [2.05, 4.69) is 33.0 Å². The summed E-state index contributed by atoms with van der Waals surface area (Å²) < 4.78 is 6.57. The Labute approximate surface area is 109 Å². The van der Waals surface area contributed by atoms with E-state index in [1.54, 1.807) is 11.3 Å². The van der Waals surface area contributed by atoms with Crippen molar-refractivity contribution in [1.29, 1.82) is 0 Å². The van der Waals surface area contributed by atoms with Crippen molar-refractivity contribution >= 4 is 21.4 Å². The molecule has 0 fully saturated rings. The Hall–Kier alpha value is -1.72. The summed E-state index contributed by atoms with van der Waals surface area (Å²) in [4.78, 5) is 4.43. The average molecular weight is 259 g/mol. The monoisotopic (exact) mass is 259 g/mol. The van der Waals surface area contributed by atoms with Gasteiger partial charge in [-0.25, -0.2) is 0 Å². The number of benzene rings is 1. The molecule has 0 aliphatic rings. The smallest absolute Gasteiger partial charge is 0.259 e. The SMILES string of the molecule is CNCCc1noc(-c2csc3ccccc23)n1. The zero-order chi connectivity index (χ0) is 12.4. The highest BCUT2D eigenvalue weighted by molar-refractivity contribution is 7.17. The molecule has 0 aliphatic heterocycles. The van der Waals surface area contributed by atoms with Crippen LogP contribution in [0.15, 0.2) is 34.2 Å². The van der Waals surface area contributed by atoms with Gasteiger partial charge in [-0.3, -0.25) is 0 Å². The zero-order valence-corrected chi connectivity index (χ0v) is 10.8. The van der Waals surface area contributed by atoms with Crippen LogP contribution in [0.5, 0.6) is 0 Å². The predicted molar refractivity (Wildman–Crippen MR) is 72.7 cm³/mol. The summed E-state index contributed by atoms with van der Waals surface area (Å²) in [5, 5.41) is 10.3. The van der Waals surface area contributed by atoms with Crippen LogP contribution in [0.1, 0.15) is 5.82 Å². The second kappa shape index (κ2) is 4.88. The van der Waals surface area contributed by atoms with E-state index >= 15 is 0 Å². The van der Waals surface area contributed by atoms with Gasteiger partial charge < -0.3 is 9.84 Å². The molecule has 0 bridgehead atoms. The lowest BCUT2D eigenvalue weighted by Gasteiger charge is -1.92. The topological polar surface area (TPSA) is 51.0 Å². The van der Waals surface area contributed by atoms with Crippen LogP contribution in [0, 0.1) is 0 Å². The lowest BCUT2D eigenvalue weighted by atomic mass is 10.2. The quantitative estimate of drug-likeness (QED) is 0.782. The van der Waals surface area contributed by atoms with Crippen molar-refractivity contribution in [3.05, 3.63) is 35.5 Å². The van der Waals surface area contributed by atoms with Gasteiger partial charge in [-0.1, -0.05) is 23.4 Å². The van der Waals surface area contributed by atoms with Crippen LogP contribution in [0.25, 0.3) is 21.5 Å². The fourth-order valence-corrected chi connectivity index (χ4v) is 2.78. The Kier molecular flexibility index (Phi) is 3.08. The van der Waals surface area contributed by atoms with E-state index in [1.165, 1.54) is 10.1 Å². The Bertz CT molecular complexity index is 659. The van der Waals surface area contributed by atoms with Crippen LogP contribution in [-0.4, -0.2) is 23.7 Å². The second-order valence-electron chi connectivity index (χ2n) is 4.01. The molecule has 0 unspecified atom stereocenters. The van der Waals surface area contributed by atoms with Gasteiger partial charge in [0.05, 0.1) is 5.56 Å². The third-order valence-electron chi connectivity index (χ3n) is 2.78. The highest BCUT2D eigenvalue weighted by Crippen LogP contribution is 2.32. The maximum Gasteiger partial charge on any atom is 0.259 e. The molecule has 1 aromatic carbocycles. The molecule has 18 heavy (non-hydrogen) atoms. The van der Waals surface area contributed by atoms with Crippen LogP contribution >= 0.6 is 11.3 Å². The zero-order valence-electron chi connectivity index (χ0n) is 10.0. The van der Waals surface area contributed by atoms with Crippen molar-refractivity contribution in [2.75, 3.05) is 13.6 Å². The molecule has 0 saturated carbocycles. The average Bonchev–Trinajstić information content (AvgIpc) is 3.02. The van der Waals surface area contributed by atoms with E-state index < -0.39 is 0 Å². The molecule has 3 aromatic rings. The van der Waals surface area contributed by atoms with Gasteiger partial charge in [0.25, 0.3) is 5.89 Å². The van der Waals surface area contributed by atoms with E-state index in [1.807, 2.05) is 19.2 Å². The molecule has 0 saturated heterocycles. The molecule has 0 amide bonds. The van der Waals surface area contributed by atoms with Crippen LogP contribution in [0.3, 0.4) is 0 Å². The lowest BCUT2D eigenvalue weighted by Crippen LogP contribution is -2.10. The molecule has 0 atom stereocenters. The fraction of sp³-hybridized carbons (Fsp3) is 0.231. The molecule has 4 nitrogen and oxygen atoms in total. The van der Waals surface area contributed by atoms with Crippen LogP contribution in [0.4, 0.5) is 0 Å². The van der Waals surface area contributed by atoms with Gasteiger partial charge in [0, 0.05) is 28.4 Å². The van der Waals surface area contributed by atoms with Crippen molar-refractivity contribution in [1.82, 2.24) is 15.5 Å². The largest absolute Gasteiger partial charge is 0.334 e. The number of hydrogen-bond donors (Lipinski definition) is 1. The summed E-state index contributed by atoms with van der Waals surface area (Å²) in [7, 11) is 1.91. The van der Waals surface area contributed by atoms with Gasteiger partial charge >= 0.3 is 0 Å². The van der Waals surface area contributed by atoms with Crippen LogP contribution in [-0.2, 0) is 6.42 Å². The maximum absolute atomic E-state index is 5.33. The van der Waals surface area contributed by atoms with E-state index in [0.29, 0.717) is 5.89 Å². The minimum atomic E-state index is 0.610. The standard InChI is InChI=1S/C13H13N3OS/c1-14-7-6-12-15-13(17-16-12)10-8-18-11-5-3-2-4-9(10)11/h2-5,8,14H,6-7H2,1H3. The minimum Gasteiger partial charge on any atom is -0.334 e. The van der Waals surface area contributed by atoms with Crippen LogP contribution < -0.4 is 5.32 Å². The minimum absolute atomic E-state index is 0.610. The highest BCUT2D eigenvalue weighted by Gasteiger charge is 2.12. The number of likely N-dealkylation sites (N-methyl/N-ethyl adjacent to an activating group) is 1. The molecule has 2 heterocycles. The number of hydrogen-bond acceptors (Lipinski definition) is 5. The third kappa shape index (κ3) is 2.02. The first-order valence-corrected chi connectivity index (χ1v) is 6.70. The molecule has 5 heteroatoms. The van der Waals surface area contributed by atoms with Gasteiger partial charge in [-0.05, 0) is 13.1 Å². The number of fused-ring (bicyclic) bond motifs is 1. The van der Waals surface area contributed by atoms with E-state index in [-0.39, 0.29) is 0 Å². The summed E-state index contributed by atoms with van der Waals surface area (Å²) in [6.45, 7) is 0.851. The molecular formula is C13H13N3OS. The normalized spacial score (nSPS) is 11.2. The van der Waals surface area contributed by atoms with Gasteiger partial charge in [-0.2, -0.15) is 4.98 Å². The summed E-state index contributed by atoms with van der Waals surface area (Å²) in [6, 6.07) is 8.24. The van der Waals surface area contributed by atoms with Gasteiger partial charge in [0.1, 0.15) is 0 Å².